The Balaban J connectivity index is 1.93. The molecular formula is C17H16ClF4N3O3S. The molecule has 1 fully saturated rings. The third kappa shape index (κ3) is 5.16. The number of pyridine rings is 1. The number of benzene rings is 1. The van der Waals surface area contributed by atoms with Gasteiger partial charge in [0.05, 0.1) is 21.2 Å². The maximum atomic E-state index is 14.5. The predicted octanol–water partition coefficient (Wildman–Crippen LogP) is 3.33. The van der Waals surface area contributed by atoms with E-state index in [2.05, 4.69) is 19.8 Å². The molecule has 1 aliphatic rings. The van der Waals surface area contributed by atoms with Crippen LogP contribution in [0.5, 0.6) is 5.75 Å². The minimum atomic E-state index is -4.89. The largest absolute Gasteiger partial charge is 0.573 e. The first-order chi connectivity index (χ1) is 13.5. The molecule has 158 valence electrons. The molecule has 0 spiro atoms. The SMILES string of the molecule is O=S(=O)(NC1(c2ncc(Cl)cc2F)CCNCC1)c1ccc(OC(F)(F)F)cc1. The van der Waals surface area contributed by atoms with E-state index in [4.69, 9.17) is 11.6 Å². The molecule has 0 aliphatic carbocycles. The van der Waals surface area contributed by atoms with Crippen LogP contribution in [0.15, 0.2) is 41.4 Å². The van der Waals surface area contributed by atoms with Gasteiger partial charge in [0.2, 0.25) is 10.0 Å². The molecule has 3 rings (SSSR count). The summed E-state index contributed by atoms with van der Waals surface area (Å²) in [6, 6.07) is 4.77. The van der Waals surface area contributed by atoms with E-state index in [1.807, 2.05) is 0 Å². The molecule has 12 heteroatoms. The van der Waals surface area contributed by atoms with Gasteiger partial charge in [-0.05, 0) is 56.3 Å². The Hall–Kier alpha value is -1.95. The molecule has 0 radical (unpaired) electrons. The van der Waals surface area contributed by atoms with Gasteiger partial charge >= 0.3 is 6.36 Å². The van der Waals surface area contributed by atoms with Gasteiger partial charge in [-0.3, -0.25) is 4.98 Å². The molecule has 2 N–H and O–H groups in total. The lowest BCUT2D eigenvalue weighted by molar-refractivity contribution is -0.274. The van der Waals surface area contributed by atoms with E-state index in [9.17, 15) is 26.0 Å². The predicted molar refractivity (Wildman–Crippen MR) is 96.4 cm³/mol. The first-order valence-electron chi connectivity index (χ1n) is 8.43. The molecule has 1 aliphatic heterocycles. The first kappa shape index (κ1) is 21.8. The van der Waals surface area contributed by atoms with Gasteiger partial charge < -0.3 is 10.1 Å². The zero-order valence-corrected chi connectivity index (χ0v) is 16.3. The van der Waals surface area contributed by atoms with E-state index in [1.54, 1.807) is 0 Å². The second kappa shape index (κ2) is 8.05. The molecule has 2 aromatic rings. The smallest absolute Gasteiger partial charge is 0.406 e. The van der Waals surface area contributed by atoms with E-state index in [0.717, 1.165) is 30.3 Å². The van der Waals surface area contributed by atoms with Crippen molar-refractivity contribution in [2.24, 2.45) is 0 Å². The zero-order valence-electron chi connectivity index (χ0n) is 14.8. The topological polar surface area (TPSA) is 80.3 Å². The van der Waals surface area contributed by atoms with Crippen molar-refractivity contribution in [3.63, 3.8) is 0 Å². The van der Waals surface area contributed by atoms with Gasteiger partial charge in [-0.2, -0.15) is 4.72 Å². The average molecular weight is 454 g/mol. The monoisotopic (exact) mass is 453 g/mol. The molecule has 1 aromatic heterocycles. The summed E-state index contributed by atoms with van der Waals surface area (Å²) in [7, 11) is -4.21. The number of rotatable bonds is 5. The summed E-state index contributed by atoms with van der Waals surface area (Å²) in [5.74, 6) is -1.31. The Morgan fingerprint density at radius 1 is 1.17 bits per heavy atom. The Kier molecular flexibility index (Phi) is 6.04. The van der Waals surface area contributed by atoms with Gasteiger partial charge in [0.25, 0.3) is 0 Å². The second-order valence-corrected chi connectivity index (χ2v) is 8.56. The maximum absolute atomic E-state index is 14.5. The van der Waals surface area contributed by atoms with E-state index in [1.165, 1.54) is 6.20 Å². The van der Waals surface area contributed by atoms with Crippen molar-refractivity contribution in [2.75, 3.05) is 13.1 Å². The molecule has 1 aromatic carbocycles. The van der Waals surface area contributed by atoms with Crippen molar-refractivity contribution in [3.05, 3.63) is 53.1 Å². The molecule has 1 saturated heterocycles. The number of nitrogens with zero attached hydrogens (tertiary/aromatic N) is 1. The molecule has 6 nitrogen and oxygen atoms in total. The van der Waals surface area contributed by atoms with Crippen LogP contribution in [0, 0.1) is 5.82 Å². The van der Waals surface area contributed by atoms with Crippen molar-refractivity contribution < 1.29 is 30.7 Å². The molecule has 29 heavy (non-hydrogen) atoms. The van der Waals surface area contributed by atoms with Crippen molar-refractivity contribution >= 4 is 21.6 Å². The van der Waals surface area contributed by atoms with Crippen LogP contribution in [0.25, 0.3) is 0 Å². The fourth-order valence-electron chi connectivity index (χ4n) is 3.14. The van der Waals surface area contributed by atoms with Crippen LogP contribution >= 0.6 is 11.6 Å². The van der Waals surface area contributed by atoms with Crippen molar-refractivity contribution in [3.8, 4) is 5.75 Å². The lowest BCUT2D eigenvalue weighted by Gasteiger charge is -2.37. The molecule has 0 saturated carbocycles. The van der Waals surface area contributed by atoms with Crippen LogP contribution < -0.4 is 14.8 Å². The number of alkyl halides is 3. The number of aromatic nitrogens is 1. The van der Waals surface area contributed by atoms with Gasteiger partial charge in [-0.25, -0.2) is 12.8 Å². The highest BCUT2D eigenvalue weighted by molar-refractivity contribution is 7.89. The summed E-state index contributed by atoms with van der Waals surface area (Å²) in [5.41, 5.74) is -1.43. The second-order valence-electron chi connectivity index (χ2n) is 6.44. The lowest BCUT2D eigenvalue weighted by atomic mass is 9.85. The summed E-state index contributed by atoms with van der Waals surface area (Å²) < 4.78 is 83.4. The number of sulfonamides is 1. The van der Waals surface area contributed by atoms with E-state index >= 15 is 0 Å². The highest BCUT2D eigenvalue weighted by Crippen LogP contribution is 2.34. The van der Waals surface area contributed by atoms with Crippen LogP contribution in [0.1, 0.15) is 18.5 Å². The summed E-state index contributed by atoms with van der Waals surface area (Å²) in [6.07, 6.45) is -3.24. The zero-order chi connectivity index (χ0) is 21.3. The molecular weight excluding hydrogens is 438 g/mol. The normalized spacial score (nSPS) is 17.1. The summed E-state index contributed by atoms with van der Waals surface area (Å²) >= 11 is 5.75. The Labute approximate surface area is 169 Å². The third-order valence-electron chi connectivity index (χ3n) is 4.42. The minimum Gasteiger partial charge on any atom is -0.406 e. The van der Waals surface area contributed by atoms with Crippen LogP contribution in [-0.4, -0.2) is 32.9 Å². The number of nitrogens with one attached hydrogen (secondary N) is 2. The standard InChI is InChI=1S/C17H16ClF4N3O3S/c18-11-9-14(19)15(24-10-11)16(5-7-23-8-6-16)25-29(26,27)13-3-1-12(2-4-13)28-17(20,21)22/h1-4,9-10,23,25H,5-8H2. The van der Waals surface area contributed by atoms with Crippen molar-refractivity contribution in [1.82, 2.24) is 15.0 Å². The van der Waals surface area contributed by atoms with Crippen LogP contribution in [0.3, 0.4) is 0 Å². The summed E-state index contributed by atoms with van der Waals surface area (Å²) in [4.78, 5) is 3.71. The summed E-state index contributed by atoms with van der Waals surface area (Å²) in [6.45, 7) is 0.815. The first-order valence-corrected chi connectivity index (χ1v) is 10.3. The average Bonchev–Trinajstić information content (AvgIpc) is 2.61. The molecule has 0 unspecified atom stereocenters. The van der Waals surface area contributed by atoms with E-state index in [-0.39, 0.29) is 28.5 Å². The molecule has 2 heterocycles. The van der Waals surface area contributed by atoms with Gasteiger partial charge in [0.1, 0.15) is 11.6 Å². The third-order valence-corrected chi connectivity index (χ3v) is 6.17. The maximum Gasteiger partial charge on any atom is 0.573 e. The highest BCUT2D eigenvalue weighted by atomic mass is 35.5. The Bertz CT molecular complexity index is 978. The Morgan fingerprint density at radius 3 is 2.34 bits per heavy atom. The number of ether oxygens (including phenoxy) is 1. The van der Waals surface area contributed by atoms with E-state index < -0.39 is 33.5 Å². The fourth-order valence-corrected chi connectivity index (χ4v) is 4.72. The van der Waals surface area contributed by atoms with Gasteiger partial charge in [-0.15, -0.1) is 13.2 Å². The lowest BCUT2D eigenvalue weighted by Crippen LogP contribution is -2.52. The van der Waals surface area contributed by atoms with Crippen LogP contribution in [-0.2, 0) is 15.6 Å². The number of piperidine rings is 1. The minimum absolute atomic E-state index is 0.0680. The van der Waals surface area contributed by atoms with Gasteiger partial charge in [0.15, 0.2) is 0 Å². The van der Waals surface area contributed by atoms with Gasteiger partial charge in [0, 0.05) is 6.20 Å². The van der Waals surface area contributed by atoms with Crippen LogP contribution in [0.4, 0.5) is 17.6 Å². The van der Waals surface area contributed by atoms with Crippen molar-refractivity contribution in [2.45, 2.75) is 29.6 Å². The molecule has 0 amide bonds. The number of hydrogen-bond acceptors (Lipinski definition) is 5. The number of halogens is 5. The van der Waals surface area contributed by atoms with Crippen LogP contribution in [0.2, 0.25) is 5.02 Å². The Morgan fingerprint density at radius 2 is 1.79 bits per heavy atom. The quantitative estimate of drug-likeness (QED) is 0.679. The molecule has 0 bridgehead atoms. The highest BCUT2D eigenvalue weighted by Gasteiger charge is 2.41. The van der Waals surface area contributed by atoms with Gasteiger partial charge in [-0.1, -0.05) is 11.6 Å². The van der Waals surface area contributed by atoms with Crippen molar-refractivity contribution in [1.29, 1.82) is 0 Å². The summed E-state index contributed by atoms with van der Waals surface area (Å²) in [5, 5.41) is 3.13. The van der Waals surface area contributed by atoms with E-state index in [0.29, 0.717) is 13.1 Å². The number of hydrogen-bond donors (Lipinski definition) is 2. The fraction of sp³-hybridized carbons (Fsp3) is 0.353. The molecule has 0 atom stereocenters.